The zero-order valence-electron chi connectivity index (χ0n) is 38.4. The van der Waals surface area contributed by atoms with E-state index in [2.05, 4.69) is 78.0 Å². The summed E-state index contributed by atoms with van der Waals surface area (Å²) in [5, 5.41) is 72.4. The molecule has 0 aliphatic heterocycles. The number of hydrogen-bond donors (Lipinski definition) is 0. The van der Waals surface area contributed by atoms with E-state index in [0.717, 1.165) is 104 Å². The molecule has 0 radical (unpaired) electrons. The first-order valence-corrected chi connectivity index (χ1v) is 23.0. The maximum Gasteiger partial charge on any atom is 0.0701 e. The van der Waals surface area contributed by atoms with E-state index in [0.29, 0.717) is 143 Å². The van der Waals surface area contributed by atoms with Crippen molar-refractivity contribution >= 4 is 0 Å². The topological polar surface area (TPSA) is 237 Å². The Labute approximate surface area is 380 Å². The lowest BCUT2D eigenvalue weighted by Gasteiger charge is -2.26. The second-order valence-electron chi connectivity index (χ2n) is 15.3. The standard InChI is InChI=1S/C46H76N14O3/c47-15-1-23-55(24-2-16-48)31-9-35-59(36-10-32-56(25-3-17-49)26-4-18-50)39-13-41-61-43-45-63-46-44-62-42-14-40-60(37-11-33-57(27-5-19-51)28-6-20-52)38-12-34-58(29-7-21-53)30-8-22-54/h1-14,23-46H2. The Kier molecular flexibility index (Phi) is 43.7. The molecule has 0 amide bonds. The van der Waals surface area contributed by atoms with E-state index in [1.54, 1.807) is 0 Å². The number of hydrogen-bond acceptors (Lipinski definition) is 17. The third-order valence-corrected chi connectivity index (χ3v) is 10.4. The first-order valence-electron chi connectivity index (χ1n) is 23.0. The van der Waals surface area contributed by atoms with Gasteiger partial charge >= 0.3 is 0 Å². The van der Waals surface area contributed by atoms with Gasteiger partial charge in [0.1, 0.15) is 0 Å². The van der Waals surface area contributed by atoms with Gasteiger partial charge in [-0.05, 0) is 90.9 Å². The second-order valence-corrected chi connectivity index (χ2v) is 15.3. The van der Waals surface area contributed by atoms with E-state index in [1.165, 1.54) is 0 Å². The Hall–Kier alpha value is -4.44. The van der Waals surface area contributed by atoms with Crippen molar-refractivity contribution < 1.29 is 14.2 Å². The van der Waals surface area contributed by atoms with Crippen molar-refractivity contribution in [3.05, 3.63) is 0 Å². The molecule has 63 heavy (non-hydrogen) atoms. The monoisotopic (exact) mass is 873 g/mol. The lowest BCUT2D eigenvalue weighted by atomic mass is 10.2. The SMILES string of the molecule is N#CCCN(CCC#N)CCCN(CCCOCCOCCOCCCN(CCCN(CCC#N)CCC#N)CCCN(CCC#N)CCC#N)CCCN(CCC#N)CCC#N. The minimum Gasteiger partial charge on any atom is -0.379 e. The van der Waals surface area contributed by atoms with E-state index in [9.17, 15) is 0 Å². The molecule has 0 bridgehead atoms. The van der Waals surface area contributed by atoms with Gasteiger partial charge in [-0.2, -0.15) is 42.1 Å². The Bertz CT molecular complexity index is 1160. The largest absolute Gasteiger partial charge is 0.379 e. The van der Waals surface area contributed by atoms with E-state index in [1.807, 2.05) is 0 Å². The minimum atomic E-state index is 0.447. The maximum atomic E-state index is 9.04. The van der Waals surface area contributed by atoms with Gasteiger partial charge in [0.15, 0.2) is 0 Å². The summed E-state index contributed by atoms with van der Waals surface area (Å²) in [6.07, 6.45) is 9.06. The molecule has 0 atom stereocenters. The normalized spacial score (nSPS) is 11.0. The van der Waals surface area contributed by atoms with Gasteiger partial charge < -0.3 is 43.6 Å². The molecule has 0 fully saturated rings. The molecule has 0 N–H and O–H groups in total. The van der Waals surface area contributed by atoms with Gasteiger partial charge in [-0.25, -0.2) is 0 Å². The molecular weight excluding hydrogens is 797 g/mol. The zero-order valence-corrected chi connectivity index (χ0v) is 38.4. The lowest BCUT2D eigenvalue weighted by Crippen LogP contribution is -2.34. The first kappa shape index (κ1) is 58.6. The quantitative estimate of drug-likeness (QED) is 0.0766. The van der Waals surface area contributed by atoms with Gasteiger partial charge in [0.05, 0.1) is 75.0 Å². The average Bonchev–Trinajstić information content (AvgIpc) is 3.29. The summed E-state index contributed by atoms with van der Waals surface area (Å²) in [5.74, 6) is 0. The fourth-order valence-electron chi connectivity index (χ4n) is 7.07. The summed E-state index contributed by atoms with van der Waals surface area (Å²) >= 11 is 0. The van der Waals surface area contributed by atoms with Crippen molar-refractivity contribution in [3.63, 3.8) is 0 Å². The summed E-state index contributed by atoms with van der Waals surface area (Å²) in [6.45, 7) is 17.3. The molecule has 0 aromatic rings. The van der Waals surface area contributed by atoms with Gasteiger partial charge in [0.25, 0.3) is 0 Å². The summed E-state index contributed by atoms with van der Waals surface area (Å²) in [5.41, 5.74) is 0. The number of nitrogens with zero attached hydrogens (tertiary/aromatic N) is 14. The molecule has 0 saturated carbocycles. The van der Waals surface area contributed by atoms with Crippen LogP contribution in [0.1, 0.15) is 89.9 Å². The van der Waals surface area contributed by atoms with E-state index >= 15 is 0 Å². The minimum absolute atomic E-state index is 0.447. The molecular formula is C46H76N14O3. The summed E-state index contributed by atoms with van der Waals surface area (Å²) in [7, 11) is 0. The smallest absolute Gasteiger partial charge is 0.0701 e. The van der Waals surface area contributed by atoms with Crippen LogP contribution in [-0.4, -0.2) is 187 Å². The van der Waals surface area contributed by atoms with Crippen LogP contribution in [0.25, 0.3) is 0 Å². The van der Waals surface area contributed by atoms with Crippen LogP contribution < -0.4 is 0 Å². The molecule has 0 saturated heterocycles. The Morgan fingerprint density at radius 1 is 0.206 bits per heavy atom. The van der Waals surface area contributed by atoms with Crippen molar-refractivity contribution in [3.8, 4) is 48.6 Å². The average molecular weight is 873 g/mol. The summed E-state index contributed by atoms with van der Waals surface area (Å²) in [4.78, 5) is 13.6. The van der Waals surface area contributed by atoms with E-state index < -0.39 is 0 Å². The highest BCUT2D eigenvalue weighted by atomic mass is 16.5. The van der Waals surface area contributed by atoms with Crippen LogP contribution >= 0.6 is 0 Å². The van der Waals surface area contributed by atoms with Crippen LogP contribution in [0.5, 0.6) is 0 Å². The van der Waals surface area contributed by atoms with Gasteiger partial charge in [0.2, 0.25) is 0 Å². The molecule has 0 aliphatic rings. The molecule has 17 heteroatoms. The molecule has 0 aromatic carbocycles. The maximum absolute atomic E-state index is 9.04. The van der Waals surface area contributed by atoms with E-state index in [4.69, 9.17) is 56.3 Å². The van der Waals surface area contributed by atoms with Crippen LogP contribution in [-0.2, 0) is 14.2 Å². The van der Waals surface area contributed by atoms with Crippen molar-refractivity contribution in [1.29, 1.82) is 42.1 Å². The highest BCUT2D eigenvalue weighted by molar-refractivity contribution is 4.80. The molecule has 0 heterocycles. The third-order valence-electron chi connectivity index (χ3n) is 10.4. The molecule has 0 aliphatic carbocycles. The predicted molar refractivity (Wildman–Crippen MR) is 241 cm³/mol. The summed E-state index contributed by atoms with van der Waals surface area (Å²) < 4.78 is 17.5. The number of nitriles is 8. The molecule has 0 unspecified atom stereocenters. The van der Waals surface area contributed by atoms with Crippen molar-refractivity contribution in [1.82, 2.24) is 29.4 Å². The van der Waals surface area contributed by atoms with Crippen LogP contribution in [0.2, 0.25) is 0 Å². The third kappa shape index (κ3) is 38.9. The molecule has 0 rings (SSSR count). The molecule has 348 valence electrons. The Morgan fingerprint density at radius 3 is 0.556 bits per heavy atom. The highest BCUT2D eigenvalue weighted by Crippen LogP contribution is 2.06. The predicted octanol–water partition coefficient (Wildman–Crippen LogP) is 4.50. The Morgan fingerprint density at radius 2 is 0.365 bits per heavy atom. The second kappa shape index (κ2) is 47.0. The molecule has 0 aromatic heterocycles. The molecule has 0 spiro atoms. The van der Waals surface area contributed by atoms with Gasteiger partial charge in [-0.15, -0.1) is 0 Å². The van der Waals surface area contributed by atoms with Crippen molar-refractivity contribution in [2.45, 2.75) is 89.9 Å². The molecule has 17 nitrogen and oxygen atoms in total. The number of rotatable bonds is 46. The van der Waals surface area contributed by atoms with Crippen LogP contribution in [0, 0.1) is 90.6 Å². The van der Waals surface area contributed by atoms with Gasteiger partial charge in [0, 0.05) is 130 Å². The van der Waals surface area contributed by atoms with Crippen molar-refractivity contribution in [2.24, 2.45) is 0 Å². The fraction of sp³-hybridized carbons (Fsp3) is 0.826. The number of ether oxygens (including phenoxy) is 3. The van der Waals surface area contributed by atoms with Gasteiger partial charge in [-0.1, -0.05) is 0 Å². The van der Waals surface area contributed by atoms with Crippen LogP contribution in [0.4, 0.5) is 0 Å². The fourth-order valence-corrected chi connectivity index (χ4v) is 7.07. The van der Waals surface area contributed by atoms with Gasteiger partial charge in [-0.3, -0.25) is 0 Å². The zero-order chi connectivity index (χ0) is 46.1. The highest BCUT2D eigenvalue weighted by Gasteiger charge is 2.13. The van der Waals surface area contributed by atoms with Crippen LogP contribution in [0.3, 0.4) is 0 Å². The first-order chi connectivity index (χ1) is 31.0. The van der Waals surface area contributed by atoms with Crippen molar-refractivity contribution in [2.75, 3.05) is 157 Å². The van der Waals surface area contributed by atoms with Crippen LogP contribution in [0.15, 0.2) is 0 Å². The van der Waals surface area contributed by atoms with E-state index in [-0.39, 0.29) is 0 Å². The summed E-state index contributed by atoms with van der Waals surface area (Å²) in [6, 6.07) is 17.6. The lowest BCUT2D eigenvalue weighted by molar-refractivity contribution is 0.0115. The Balaban J connectivity index is 4.71.